The van der Waals surface area contributed by atoms with Crippen molar-refractivity contribution in [1.82, 2.24) is 9.97 Å². The number of nitrogens with zero attached hydrogens (tertiary/aromatic N) is 2. The highest BCUT2D eigenvalue weighted by molar-refractivity contribution is 5.48. The van der Waals surface area contributed by atoms with Gasteiger partial charge >= 0.3 is 0 Å². The minimum atomic E-state index is 0.544. The van der Waals surface area contributed by atoms with E-state index >= 15 is 0 Å². The van der Waals surface area contributed by atoms with Crippen LogP contribution in [0.1, 0.15) is 30.3 Å². The zero-order valence-corrected chi connectivity index (χ0v) is 12.1. The molecule has 0 aliphatic heterocycles. The number of anilines is 1. The van der Waals surface area contributed by atoms with Gasteiger partial charge in [-0.25, -0.2) is 10.8 Å². The fourth-order valence-corrected chi connectivity index (χ4v) is 1.91. The molecule has 1 aromatic heterocycles. The molecule has 0 saturated carbocycles. The predicted molar refractivity (Wildman–Crippen MR) is 79.8 cm³/mol. The average molecular weight is 272 g/mol. The van der Waals surface area contributed by atoms with E-state index in [0.29, 0.717) is 11.7 Å². The van der Waals surface area contributed by atoms with E-state index in [4.69, 9.17) is 10.6 Å². The van der Waals surface area contributed by atoms with E-state index in [1.165, 1.54) is 0 Å². The lowest BCUT2D eigenvalue weighted by Crippen LogP contribution is -2.13. The Morgan fingerprint density at radius 1 is 1.25 bits per heavy atom. The van der Waals surface area contributed by atoms with Crippen molar-refractivity contribution >= 4 is 5.82 Å². The van der Waals surface area contributed by atoms with Crippen LogP contribution in [0.3, 0.4) is 0 Å². The summed E-state index contributed by atoms with van der Waals surface area (Å²) >= 11 is 0. The molecule has 0 aliphatic rings. The number of rotatable bonds is 5. The van der Waals surface area contributed by atoms with Crippen LogP contribution >= 0.6 is 0 Å². The number of aryl methyl sites for hydroxylation is 2. The Labute approximate surface area is 119 Å². The van der Waals surface area contributed by atoms with Gasteiger partial charge in [-0.3, -0.25) is 0 Å². The Morgan fingerprint density at radius 2 is 2.05 bits per heavy atom. The average Bonchev–Trinajstić information content (AvgIpc) is 2.42. The zero-order chi connectivity index (χ0) is 14.5. The number of aromatic nitrogens is 2. The Morgan fingerprint density at radius 3 is 2.70 bits per heavy atom. The molecule has 20 heavy (non-hydrogen) atoms. The summed E-state index contributed by atoms with van der Waals surface area (Å²) in [6, 6.07) is 7.85. The molecule has 0 spiro atoms. The van der Waals surface area contributed by atoms with Crippen LogP contribution in [0.2, 0.25) is 0 Å². The largest absolute Gasteiger partial charge is 0.439 e. The molecule has 3 N–H and O–H groups in total. The predicted octanol–water partition coefficient (Wildman–Crippen LogP) is 3.12. The van der Waals surface area contributed by atoms with E-state index in [2.05, 4.69) is 22.3 Å². The van der Waals surface area contributed by atoms with Gasteiger partial charge in [0.15, 0.2) is 0 Å². The van der Waals surface area contributed by atoms with E-state index in [1.807, 2.05) is 38.1 Å². The molecule has 1 aromatic carbocycles. The fraction of sp³-hybridized carbons (Fsp3) is 0.333. The van der Waals surface area contributed by atoms with Crippen LogP contribution in [0.5, 0.6) is 11.6 Å². The Kier molecular flexibility index (Phi) is 4.53. The van der Waals surface area contributed by atoms with Gasteiger partial charge in [0.1, 0.15) is 17.4 Å². The van der Waals surface area contributed by atoms with E-state index in [0.717, 1.165) is 35.5 Å². The van der Waals surface area contributed by atoms with Gasteiger partial charge in [-0.15, -0.1) is 0 Å². The highest BCUT2D eigenvalue weighted by atomic mass is 16.5. The van der Waals surface area contributed by atoms with Crippen LogP contribution in [-0.2, 0) is 6.42 Å². The number of nitrogen functional groups attached to an aromatic ring is 1. The third-order valence-electron chi connectivity index (χ3n) is 2.96. The van der Waals surface area contributed by atoms with Gasteiger partial charge in [0.25, 0.3) is 0 Å². The lowest BCUT2D eigenvalue weighted by Gasteiger charge is -2.12. The Bertz CT molecular complexity index is 598. The molecular weight excluding hydrogens is 252 g/mol. The lowest BCUT2D eigenvalue weighted by molar-refractivity contribution is 0.454. The summed E-state index contributed by atoms with van der Waals surface area (Å²) in [7, 11) is 0. The van der Waals surface area contributed by atoms with E-state index in [9.17, 15) is 0 Å². The fourth-order valence-electron chi connectivity index (χ4n) is 1.91. The molecule has 0 unspecified atom stereocenters. The molecule has 0 atom stereocenters. The summed E-state index contributed by atoms with van der Waals surface area (Å²) in [5.74, 6) is 8.14. The monoisotopic (exact) mass is 272 g/mol. The van der Waals surface area contributed by atoms with Crippen molar-refractivity contribution in [3.63, 3.8) is 0 Å². The molecule has 5 heteroatoms. The topological polar surface area (TPSA) is 73.1 Å². The number of hydrogen-bond acceptors (Lipinski definition) is 5. The first kappa shape index (κ1) is 14.3. The molecule has 1 heterocycles. The zero-order valence-electron chi connectivity index (χ0n) is 12.1. The first-order chi connectivity index (χ1) is 9.63. The minimum absolute atomic E-state index is 0.544. The molecule has 2 rings (SSSR count). The van der Waals surface area contributed by atoms with Gasteiger partial charge in [-0.05, 0) is 38.0 Å². The van der Waals surface area contributed by atoms with Crippen molar-refractivity contribution in [3.05, 3.63) is 41.2 Å². The van der Waals surface area contributed by atoms with Crippen LogP contribution in [0.4, 0.5) is 5.82 Å². The van der Waals surface area contributed by atoms with Crippen LogP contribution in [0.15, 0.2) is 24.3 Å². The van der Waals surface area contributed by atoms with Gasteiger partial charge in [0.05, 0.1) is 5.56 Å². The standard InChI is InChI=1S/C15H20N4O/c1-4-6-13-17-14(19-16)11(3)15(18-13)20-12-8-5-7-10(2)9-12/h5,7-9H,4,6,16H2,1-3H3,(H,17,18,19). The maximum Gasteiger partial charge on any atom is 0.227 e. The third-order valence-corrected chi connectivity index (χ3v) is 2.96. The number of nitrogens with one attached hydrogen (secondary N) is 1. The van der Waals surface area contributed by atoms with Crippen molar-refractivity contribution < 1.29 is 4.74 Å². The number of ether oxygens (including phenoxy) is 1. The van der Waals surface area contributed by atoms with E-state index in [-0.39, 0.29) is 0 Å². The quantitative estimate of drug-likeness (QED) is 0.646. The number of benzene rings is 1. The van der Waals surface area contributed by atoms with Gasteiger partial charge in [-0.2, -0.15) is 4.98 Å². The van der Waals surface area contributed by atoms with E-state index in [1.54, 1.807) is 0 Å². The molecule has 0 saturated heterocycles. The van der Waals surface area contributed by atoms with Crippen molar-refractivity contribution in [2.24, 2.45) is 5.84 Å². The van der Waals surface area contributed by atoms with Crippen molar-refractivity contribution in [2.75, 3.05) is 5.43 Å². The van der Waals surface area contributed by atoms with Crippen LogP contribution < -0.4 is 16.0 Å². The normalized spacial score (nSPS) is 10.4. The van der Waals surface area contributed by atoms with Gasteiger partial charge in [0.2, 0.25) is 5.88 Å². The third kappa shape index (κ3) is 3.24. The minimum Gasteiger partial charge on any atom is -0.439 e. The van der Waals surface area contributed by atoms with Crippen molar-refractivity contribution in [1.29, 1.82) is 0 Å². The first-order valence-corrected chi connectivity index (χ1v) is 6.72. The summed E-state index contributed by atoms with van der Waals surface area (Å²) in [5, 5.41) is 0. The van der Waals surface area contributed by atoms with Crippen LogP contribution in [-0.4, -0.2) is 9.97 Å². The molecule has 106 valence electrons. The Balaban J connectivity index is 2.36. The highest BCUT2D eigenvalue weighted by Crippen LogP contribution is 2.27. The second-order valence-electron chi connectivity index (χ2n) is 4.73. The smallest absolute Gasteiger partial charge is 0.227 e. The summed E-state index contributed by atoms with van der Waals surface area (Å²) in [6.45, 7) is 5.99. The van der Waals surface area contributed by atoms with Gasteiger partial charge < -0.3 is 10.2 Å². The van der Waals surface area contributed by atoms with Gasteiger partial charge in [-0.1, -0.05) is 19.1 Å². The molecule has 0 aliphatic carbocycles. The highest BCUT2D eigenvalue weighted by Gasteiger charge is 2.12. The summed E-state index contributed by atoms with van der Waals surface area (Å²) < 4.78 is 5.87. The lowest BCUT2D eigenvalue weighted by atomic mass is 10.2. The van der Waals surface area contributed by atoms with E-state index < -0.39 is 0 Å². The molecule has 0 fully saturated rings. The second-order valence-corrected chi connectivity index (χ2v) is 4.73. The summed E-state index contributed by atoms with van der Waals surface area (Å²) in [6.07, 6.45) is 1.76. The summed E-state index contributed by atoms with van der Waals surface area (Å²) in [4.78, 5) is 8.84. The molecular formula is C15H20N4O. The van der Waals surface area contributed by atoms with Crippen molar-refractivity contribution in [2.45, 2.75) is 33.6 Å². The second kappa shape index (κ2) is 6.34. The number of nitrogens with two attached hydrogens (primary N) is 1. The molecule has 0 amide bonds. The van der Waals surface area contributed by atoms with Crippen LogP contribution in [0, 0.1) is 13.8 Å². The van der Waals surface area contributed by atoms with Gasteiger partial charge in [0, 0.05) is 6.42 Å². The van der Waals surface area contributed by atoms with Crippen LogP contribution in [0.25, 0.3) is 0 Å². The maximum atomic E-state index is 5.87. The first-order valence-electron chi connectivity index (χ1n) is 6.72. The number of hydrazine groups is 1. The number of hydrogen-bond donors (Lipinski definition) is 2. The maximum absolute atomic E-state index is 5.87. The SMILES string of the molecule is CCCc1nc(NN)c(C)c(Oc2cccc(C)c2)n1. The van der Waals surface area contributed by atoms with Crippen molar-refractivity contribution in [3.8, 4) is 11.6 Å². The molecule has 0 radical (unpaired) electrons. The Hall–Kier alpha value is -2.14. The summed E-state index contributed by atoms with van der Waals surface area (Å²) in [5.41, 5.74) is 4.54. The molecule has 2 aromatic rings. The molecule has 5 nitrogen and oxygen atoms in total. The molecule has 0 bridgehead atoms.